The van der Waals surface area contributed by atoms with E-state index in [9.17, 15) is 24.5 Å². The average molecular weight is 671 g/mol. The van der Waals surface area contributed by atoms with Gasteiger partial charge in [-0.2, -0.15) is 4.98 Å². The summed E-state index contributed by atoms with van der Waals surface area (Å²) >= 11 is 0. The highest BCUT2D eigenvalue weighted by molar-refractivity contribution is 7.47. The van der Waals surface area contributed by atoms with Crippen molar-refractivity contribution in [2.45, 2.75) is 153 Å². The summed E-state index contributed by atoms with van der Waals surface area (Å²) in [5.41, 5.74) is -0.707. The molecule has 12 nitrogen and oxygen atoms in total. The van der Waals surface area contributed by atoms with Gasteiger partial charge in [-0.25, -0.2) is 14.4 Å². The van der Waals surface area contributed by atoms with Gasteiger partial charge in [0, 0.05) is 19.3 Å². The summed E-state index contributed by atoms with van der Waals surface area (Å²) in [6.45, 7) is 3.66. The molecule has 0 spiro atoms. The van der Waals surface area contributed by atoms with Gasteiger partial charge in [-0.15, -0.1) is 0 Å². The van der Waals surface area contributed by atoms with Crippen LogP contribution in [0.15, 0.2) is 22.1 Å². The fourth-order valence-corrected chi connectivity index (χ4v) is 6.75. The van der Waals surface area contributed by atoms with Crippen LogP contribution >= 0.6 is 7.82 Å². The van der Waals surface area contributed by atoms with E-state index in [0.717, 1.165) is 49.8 Å². The Bertz CT molecular complexity index is 1100. The first-order valence-electron chi connectivity index (χ1n) is 17.8. The summed E-state index contributed by atoms with van der Waals surface area (Å²) in [6.07, 6.45) is 20.9. The molecule has 3 unspecified atom stereocenters. The van der Waals surface area contributed by atoms with Gasteiger partial charge in [-0.1, -0.05) is 103 Å². The highest BCUT2D eigenvalue weighted by atomic mass is 31.2. The van der Waals surface area contributed by atoms with Crippen LogP contribution < -0.4 is 5.69 Å². The Balaban J connectivity index is 1.24. The molecule has 0 bridgehead atoms. The molecule has 0 radical (unpaired) electrons. The normalized spacial score (nSPS) is 23.3. The minimum Gasteiger partial charge on any atom is -0.387 e. The number of aromatic nitrogens is 2. The van der Waals surface area contributed by atoms with E-state index in [4.69, 9.17) is 13.8 Å². The van der Waals surface area contributed by atoms with Crippen molar-refractivity contribution < 1.29 is 33.5 Å². The first kappa shape index (κ1) is 38.8. The molecule has 2 saturated heterocycles. The zero-order valence-electron chi connectivity index (χ0n) is 27.9. The summed E-state index contributed by atoms with van der Waals surface area (Å²) in [5, 5.41) is 21.0. The molecule has 2 fully saturated rings. The number of phosphoric ester groups is 1. The van der Waals surface area contributed by atoms with E-state index in [-0.39, 0.29) is 12.4 Å². The third-order valence-corrected chi connectivity index (χ3v) is 9.81. The minimum atomic E-state index is -4.38. The summed E-state index contributed by atoms with van der Waals surface area (Å²) in [5.74, 6) is 0.224. The lowest BCUT2D eigenvalue weighted by molar-refractivity contribution is -0.0551. The lowest BCUT2D eigenvalue weighted by atomic mass is 10.0. The van der Waals surface area contributed by atoms with Crippen molar-refractivity contribution in [1.29, 1.82) is 0 Å². The zero-order chi connectivity index (χ0) is 33.0. The number of rotatable bonds is 24. The fourth-order valence-electron chi connectivity index (χ4n) is 5.98. The van der Waals surface area contributed by atoms with Crippen LogP contribution in [-0.2, 0) is 18.3 Å². The van der Waals surface area contributed by atoms with Gasteiger partial charge in [0.25, 0.3) is 0 Å². The van der Waals surface area contributed by atoms with E-state index < -0.39 is 44.7 Å². The number of aliphatic hydroxyl groups is 2. The van der Waals surface area contributed by atoms with E-state index >= 15 is 0 Å². The number of nitrogens with zero attached hydrogens (tertiary/aromatic N) is 4. The maximum absolute atomic E-state index is 12.6. The maximum atomic E-state index is 12.6. The molecule has 0 amide bonds. The molecule has 3 rings (SSSR count). The molecule has 5 atom stereocenters. The second-order valence-electron chi connectivity index (χ2n) is 12.8. The number of aliphatic imine (C=N–C) groups is 1. The molecule has 0 aromatic carbocycles. The summed E-state index contributed by atoms with van der Waals surface area (Å²) in [6, 6.07) is 1.52. The van der Waals surface area contributed by atoms with E-state index in [1.165, 1.54) is 95.7 Å². The van der Waals surface area contributed by atoms with E-state index in [2.05, 4.69) is 21.8 Å². The van der Waals surface area contributed by atoms with Crippen molar-refractivity contribution in [3.8, 4) is 0 Å². The number of hydrogen-bond acceptors (Lipinski definition) is 9. The monoisotopic (exact) mass is 670 g/mol. The summed E-state index contributed by atoms with van der Waals surface area (Å²) in [4.78, 5) is 33.0. The zero-order valence-corrected chi connectivity index (χ0v) is 28.8. The quantitative estimate of drug-likeness (QED) is 0.0487. The molecule has 1 aromatic rings. The number of ether oxygens (including phenoxy) is 1. The molecule has 264 valence electrons. The molecule has 46 heavy (non-hydrogen) atoms. The Hall–Kier alpha value is -1.66. The molecule has 13 heteroatoms. The molecule has 0 aliphatic carbocycles. The minimum absolute atomic E-state index is 0.0825. The number of likely N-dealkylation sites (tertiary alicyclic amines) is 1. The Kier molecular flexibility index (Phi) is 18.6. The first-order chi connectivity index (χ1) is 22.3. The van der Waals surface area contributed by atoms with Crippen molar-refractivity contribution in [2.75, 3.05) is 26.3 Å². The van der Waals surface area contributed by atoms with Gasteiger partial charge in [0.2, 0.25) is 0 Å². The smallest absolute Gasteiger partial charge is 0.387 e. The molecule has 2 aliphatic rings. The standard InChI is InChI=1S/C33H59N4O8P/c1-2-3-4-5-6-7-8-9-10-11-12-13-14-15-16-20-25-43-46(41,42)44-26-28-30(38)31(39)32(45-28)37-24-21-29(35-33(37)40)34-27-36-22-18-17-19-23-36/h21,24,27-28,30-32,38-39H,2-20,22-23,25-26H2,1H3,(H,41,42)/t28-,30?,31?,32-/m1/s1. The second kappa shape index (κ2) is 22.1. The SMILES string of the molecule is CCCCCCCCCCCCCCCCCCOP(=O)(O)OC[C@H]1O[C@@H](n2ccc(N=CN3CCCCC3)nc2=O)C(O)C1O. The Morgan fingerprint density at radius 2 is 1.46 bits per heavy atom. The lowest BCUT2D eigenvalue weighted by Gasteiger charge is -2.23. The molecule has 3 heterocycles. The predicted octanol–water partition coefficient (Wildman–Crippen LogP) is 6.40. The molecule has 3 N–H and O–H groups in total. The van der Waals surface area contributed by atoms with Crippen LogP contribution in [0.2, 0.25) is 0 Å². The van der Waals surface area contributed by atoms with E-state index in [1.807, 2.05) is 0 Å². The van der Waals surface area contributed by atoms with Gasteiger partial charge in [-0.3, -0.25) is 13.6 Å². The van der Waals surface area contributed by atoms with E-state index in [1.54, 1.807) is 6.34 Å². The average Bonchev–Trinajstić information content (AvgIpc) is 3.33. The second-order valence-corrected chi connectivity index (χ2v) is 14.2. The topological polar surface area (TPSA) is 156 Å². The Morgan fingerprint density at radius 1 is 0.891 bits per heavy atom. The fraction of sp³-hybridized carbons (Fsp3) is 0.848. The van der Waals surface area contributed by atoms with Crippen LogP contribution in [0.25, 0.3) is 0 Å². The highest BCUT2D eigenvalue weighted by Gasteiger charge is 2.45. The van der Waals surface area contributed by atoms with Crippen molar-refractivity contribution in [3.05, 3.63) is 22.7 Å². The van der Waals surface area contributed by atoms with Crippen LogP contribution in [0.5, 0.6) is 0 Å². The van der Waals surface area contributed by atoms with Gasteiger partial charge >= 0.3 is 13.5 Å². The van der Waals surface area contributed by atoms with Crippen LogP contribution in [0, 0.1) is 0 Å². The van der Waals surface area contributed by atoms with Crippen molar-refractivity contribution >= 4 is 20.0 Å². The van der Waals surface area contributed by atoms with Gasteiger partial charge in [-0.05, 0) is 31.7 Å². The van der Waals surface area contributed by atoms with Crippen LogP contribution in [0.4, 0.5) is 5.82 Å². The van der Waals surface area contributed by atoms with Gasteiger partial charge < -0.3 is 24.7 Å². The molecule has 2 aliphatic heterocycles. The van der Waals surface area contributed by atoms with Crippen molar-refractivity contribution in [3.63, 3.8) is 0 Å². The van der Waals surface area contributed by atoms with Crippen LogP contribution in [-0.4, -0.2) is 80.5 Å². The number of unbranched alkanes of at least 4 members (excludes halogenated alkanes) is 15. The molecule has 1 aromatic heterocycles. The molecular weight excluding hydrogens is 611 g/mol. The third-order valence-electron chi connectivity index (χ3n) is 8.82. The Morgan fingerprint density at radius 3 is 2.02 bits per heavy atom. The van der Waals surface area contributed by atoms with Crippen molar-refractivity contribution in [2.24, 2.45) is 4.99 Å². The summed E-state index contributed by atoms with van der Waals surface area (Å²) < 4.78 is 29.2. The van der Waals surface area contributed by atoms with Gasteiger partial charge in [0.15, 0.2) is 12.0 Å². The number of piperidine rings is 1. The number of aliphatic hydroxyl groups excluding tert-OH is 2. The third kappa shape index (κ3) is 14.6. The molecule has 0 saturated carbocycles. The molecular formula is C33H59N4O8P. The largest absolute Gasteiger partial charge is 0.472 e. The number of phosphoric acid groups is 1. The summed E-state index contributed by atoms with van der Waals surface area (Å²) in [7, 11) is -4.38. The highest BCUT2D eigenvalue weighted by Crippen LogP contribution is 2.44. The number of hydrogen-bond donors (Lipinski definition) is 3. The van der Waals surface area contributed by atoms with Gasteiger partial charge in [0.1, 0.15) is 18.3 Å². The predicted molar refractivity (Wildman–Crippen MR) is 179 cm³/mol. The van der Waals surface area contributed by atoms with Crippen LogP contribution in [0.1, 0.15) is 135 Å². The van der Waals surface area contributed by atoms with Crippen molar-refractivity contribution in [1.82, 2.24) is 14.5 Å². The Labute approximate surface area is 275 Å². The van der Waals surface area contributed by atoms with Gasteiger partial charge in [0.05, 0.1) is 19.6 Å². The van der Waals surface area contributed by atoms with Crippen LogP contribution in [0.3, 0.4) is 0 Å². The van der Waals surface area contributed by atoms with E-state index in [0.29, 0.717) is 6.42 Å². The lowest BCUT2D eigenvalue weighted by Crippen LogP contribution is -2.36. The first-order valence-corrected chi connectivity index (χ1v) is 19.3. The maximum Gasteiger partial charge on any atom is 0.472 e.